The maximum absolute atomic E-state index is 5.82. The van der Waals surface area contributed by atoms with Gasteiger partial charge >= 0.3 is 0 Å². The number of nitrogen functional groups attached to an aromatic ring is 1. The van der Waals surface area contributed by atoms with Gasteiger partial charge in [-0.15, -0.1) is 0 Å². The van der Waals surface area contributed by atoms with Gasteiger partial charge in [0.2, 0.25) is 5.95 Å². The molecule has 3 N–H and O–H groups in total. The summed E-state index contributed by atoms with van der Waals surface area (Å²) in [6, 6.07) is 6.93. The lowest BCUT2D eigenvalue weighted by Crippen LogP contribution is -2.01. The quantitative estimate of drug-likeness (QED) is 0.837. The van der Waals surface area contributed by atoms with Crippen LogP contribution >= 0.6 is 11.6 Å². The van der Waals surface area contributed by atoms with Crippen molar-refractivity contribution in [1.29, 1.82) is 0 Å². The van der Waals surface area contributed by atoms with Gasteiger partial charge in [-0.2, -0.15) is 4.98 Å². The average molecular weight is 281 g/mol. The molecule has 0 spiro atoms. The zero-order chi connectivity index (χ0) is 13.8. The molecule has 100 valence electrons. The van der Waals surface area contributed by atoms with Crippen LogP contribution in [0, 0.1) is 0 Å². The van der Waals surface area contributed by atoms with Crippen LogP contribution in [0.5, 0.6) is 11.5 Å². The van der Waals surface area contributed by atoms with Gasteiger partial charge in [-0.25, -0.2) is 4.98 Å². The number of ether oxygens (including phenoxy) is 2. The lowest BCUT2D eigenvalue weighted by Gasteiger charge is -2.12. The van der Waals surface area contributed by atoms with Gasteiger partial charge in [-0.3, -0.25) is 0 Å². The number of rotatable bonds is 4. The van der Waals surface area contributed by atoms with Crippen molar-refractivity contribution in [2.75, 3.05) is 25.3 Å². The molecule has 0 radical (unpaired) electrons. The largest absolute Gasteiger partial charge is 0.497 e. The zero-order valence-electron chi connectivity index (χ0n) is 10.5. The van der Waals surface area contributed by atoms with Crippen molar-refractivity contribution < 1.29 is 9.47 Å². The Morgan fingerprint density at radius 3 is 2.58 bits per heavy atom. The Balaban J connectivity index is 2.35. The van der Waals surface area contributed by atoms with Crippen molar-refractivity contribution >= 4 is 29.1 Å². The Morgan fingerprint density at radius 1 is 1.16 bits per heavy atom. The molecule has 0 bridgehead atoms. The molecule has 0 amide bonds. The van der Waals surface area contributed by atoms with Crippen molar-refractivity contribution in [3.05, 3.63) is 29.4 Å². The number of anilines is 3. The monoisotopic (exact) mass is 280 g/mol. The average Bonchev–Trinajstić information content (AvgIpc) is 2.37. The van der Waals surface area contributed by atoms with Gasteiger partial charge < -0.3 is 20.5 Å². The SMILES string of the molecule is COc1ccc(OC)c(Nc2cc(Cl)nc(N)n2)c1. The van der Waals surface area contributed by atoms with Gasteiger partial charge in [0.05, 0.1) is 19.9 Å². The Hall–Kier alpha value is -2.21. The minimum atomic E-state index is 0.0943. The number of nitrogens with one attached hydrogen (secondary N) is 1. The summed E-state index contributed by atoms with van der Waals surface area (Å²) in [5, 5.41) is 3.32. The molecule has 1 aromatic carbocycles. The molecule has 0 fully saturated rings. The summed E-state index contributed by atoms with van der Waals surface area (Å²) in [6.45, 7) is 0. The fourth-order valence-electron chi connectivity index (χ4n) is 1.55. The highest BCUT2D eigenvalue weighted by atomic mass is 35.5. The number of aromatic nitrogens is 2. The highest BCUT2D eigenvalue weighted by Crippen LogP contribution is 2.31. The molecule has 2 aromatic rings. The van der Waals surface area contributed by atoms with Crippen LogP contribution in [0.25, 0.3) is 0 Å². The lowest BCUT2D eigenvalue weighted by molar-refractivity contribution is 0.405. The topological polar surface area (TPSA) is 82.3 Å². The molecule has 19 heavy (non-hydrogen) atoms. The van der Waals surface area contributed by atoms with E-state index in [1.54, 1.807) is 38.5 Å². The number of nitrogens with two attached hydrogens (primary N) is 1. The van der Waals surface area contributed by atoms with E-state index < -0.39 is 0 Å². The standard InChI is InChI=1S/C12H13ClN4O2/c1-18-7-3-4-9(19-2)8(5-7)15-11-6-10(13)16-12(14)17-11/h3-6H,1-2H3,(H3,14,15,16,17). The summed E-state index contributed by atoms with van der Waals surface area (Å²) in [5.74, 6) is 1.91. The second kappa shape index (κ2) is 5.62. The molecule has 0 saturated heterocycles. The van der Waals surface area contributed by atoms with E-state index in [9.17, 15) is 0 Å². The normalized spacial score (nSPS) is 10.1. The van der Waals surface area contributed by atoms with Gasteiger partial charge in [-0.1, -0.05) is 11.6 Å². The smallest absolute Gasteiger partial charge is 0.223 e. The second-order valence-corrected chi connectivity index (χ2v) is 4.01. The molecule has 0 aliphatic heterocycles. The molecule has 1 aromatic heterocycles. The van der Waals surface area contributed by atoms with Gasteiger partial charge in [0.1, 0.15) is 22.5 Å². The van der Waals surface area contributed by atoms with Crippen molar-refractivity contribution in [2.45, 2.75) is 0 Å². The van der Waals surface area contributed by atoms with Crippen LogP contribution in [0.2, 0.25) is 5.15 Å². The number of halogens is 1. The molecule has 0 aliphatic rings. The van der Waals surface area contributed by atoms with Crippen LogP contribution in [-0.4, -0.2) is 24.2 Å². The summed E-state index contributed by atoms with van der Waals surface area (Å²) in [4.78, 5) is 7.82. The van der Waals surface area contributed by atoms with Gasteiger partial charge in [0.15, 0.2) is 0 Å². The molecule has 0 unspecified atom stereocenters. The van der Waals surface area contributed by atoms with Crippen molar-refractivity contribution in [3.8, 4) is 11.5 Å². The van der Waals surface area contributed by atoms with Crippen LogP contribution in [0.1, 0.15) is 0 Å². The summed E-state index contributed by atoms with van der Waals surface area (Å²) < 4.78 is 10.4. The minimum Gasteiger partial charge on any atom is -0.497 e. The first-order valence-electron chi connectivity index (χ1n) is 5.41. The van der Waals surface area contributed by atoms with Crippen LogP contribution in [0.4, 0.5) is 17.5 Å². The molecule has 7 heteroatoms. The number of hydrogen-bond donors (Lipinski definition) is 2. The number of benzene rings is 1. The lowest BCUT2D eigenvalue weighted by atomic mass is 10.2. The van der Waals surface area contributed by atoms with E-state index >= 15 is 0 Å². The third-order valence-corrected chi connectivity index (χ3v) is 2.58. The predicted molar refractivity (Wildman–Crippen MR) is 74.3 cm³/mol. The first-order valence-corrected chi connectivity index (χ1v) is 5.79. The molecule has 0 saturated carbocycles. The number of hydrogen-bond acceptors (Lipinski definition) is 6. The first-order chi connectivity index (χ1) is 9.12. The first kappa shape index (κ1) is 13.2. The predicted octanol–water partition coefficient (Wildman–Crippen LogP) is 2.47. The van der Waals surface area contributed by atoms with Crippen molar-refractivity contribution in [1.82, 2.24) is 9.97 Å². The third kappa shape index (κ3) is 3.17. The number of methoxy groups -OCH3 is 2. The van der Waals surface area contributed by atoms with E-state index in [0.717, 1.165) is 0 Å². The van der Waals surface area contributed by atoms with E-state index in [1.807, 2.05) is 0 Å². The Morgan fingerprint density at radius 2 is 1.95 bits per heavy atom. The second-order valence-electron chi connectivity index (χ2n) is 3.63. The van der Waals surface area contributed by atoms with Gasteiger partial charge in [0.25, 0.3) is 0 Å². The van der Waals surface area contributed by atoms with Gasteiger partial charge in [-0.05, 0) is 12.1 Å². The summed E-state index contributed by atoms with van der Waals surface area (Å²) >= 11 is 5.82. The Labute approximate surface area is 115 Å². The van der Waals surface area contributed by atoms with Crippen LogP contribution < -0.4 is 20.5 Å². The van der Waals surface area contributed by atoms with Gasteiger partial charge in [0, 0.05) is 12.1 Å². The van der Waals surface area contributed by atoms with Crippen LogP contribution in [-0.2, 0) is 0 Å². The molecular formula is C12H13ClN4O2. The molecular weight excluding hydrogens is 268 g/mol. The van der Waals surface area contributed by atoms with Crippen molar-refractivity contribution in [3.63, 3.8) is 0 Å². The summed E-state index contributed by atoms with van der Waals surface area (Å²) in [5.41, 5.74) is 6.23. The van der Waals surface area contributed by atoms with Crippen LogP contribution in [0.15, 0.2) is 24.3 Å². The maximum Gasteiger partial charge on any atom is 0.223 e. The Bertz CT molecular complexity index is 572. The molecule has 6 nitrogen and oxygen atoms in total. The minimum absolute atomic E-state index is 0.0943. The zero-order valence-corrected chi connectivity index (χ0v) is 11.2. The summed E-state index contributed by atoms with van der Waals surface area (Å²) in [7, 11) is 3.17. The van der Waals surface area contributed by atoms with E-state index in [1.165, 1.54) is 0 Å². The maximum atomic E-state index is 5.82. The van der Waals surface area contributed by atoms with Crippen LogP contribution in [0.3, 0.4) is 0 Å². The highest BCUT2D eigenvalue weighted by Gasteiger charge is 2.07. The molecule has 1 heterocycles. The molecule has 0 aliphatic carbocycles. The summed E-state index contributed by atoms with van der Waals surface area (Å²) in [6.07, 6.45) is 0. The number of nitrogens with zero attached hydrogens (tertiary/aromatic N) is 2. The van der Waals surface area contributed by atoms with E-state index in [4.69, 9.17) is 26.8 Å². The van der Waals surface area contributed by atoms with E-state index in [0.29, 0.717) is 23.0 Å². The fraction of sp³-hybridized carbons (Fsp3) is 0.167. The molecule has 2 rings (SSSR count). The fourth-order valence-corrected chi connectivity index (χ4v) is 1.74. The molecule has 0 atom stereocenters. The van der Waals surface area contributed by atoms with E-state index in [-0.39, 0.29) is 11.1 Å². The Kier molecular flexibility index (Phi) is 3.91. The highest BCUT2D eigenvalue weighted by molar-refractivity contribution is 6.29. The van der Waals surface area contributed by atoms with E-state index in [2.05, 4.69) is 15.3 Å². The van der Waals surface area contributed by atoms with Crippen molar-refractivity contribution in [2.24, 2.45) is 0 Å². The third-order valence-electron chi connectivity index (χ3n) is 2.38.